The summed E-state index contributed by atoms with van der Waals surface area (Å²) in [7, 11) is 0. The van der Waals surface area contributed by atoms with Crippen molar-refractivity contribution in [1.29, 1.82) is 0 Å². The molecule has 2 aromatic carbocycles. The van der Waals surface area contributed by atoms with Gasteiger partial charge in [-0.2, -0.15) is 0 Å². The Labute approximate surface area is 132 Å². The molecule has 0 radical (unpaired) electrons. The van der Waals surface area contributed by atoms with Crippen molar-refractivity contribution in [2.45, 2.75) is 20.3 Å². The Balaban J connectivity index is 2.07. The van der Waals surface area contributed by atoms with Gasteiger partial charge in [0, 0.05) is 23.5 Å². The minimum atomic E-state index is 0.925. The number of rotatable bonds is 3. The first-order valence-electron chi connectivity index (χ1n) is 7.70. The molecule has 0 aromatic heterocycles. The molecule has 1 aliphatic rings. The molecular weight excluding hydrogens is 266 g/mol. The highest BCUT2D eigenvalue weighted by Crippen LogP contribution is 2.32. The van der Waals surface area contributed by atoms with Crippen LogP contribution >= 0.6 is 0 Å². The third-order valence-corrected chi connectivity index (χ3v) is 3.85. The molecule has 0 N–H and O–H groups in total. The molecule has 0 aliphatic heterocycles. The maximum Gasteiger partial charge on any atom is 0.0458 e. The van der Waals surface area contributed by atoms with E-state index in [9.17, 15) is 0 Å². The third kappa shape index (κ3) is 3.20. The fourth-order valence-electron chi connectivity index (χ4n) is 2.60. The largest absolute Gasteiger partial charge is 0.314 e. The highest BCUT2D eigenvalue weighted by molar-refractivity contribution is 5.69. The fourth-order valence-corrected chi connectivity index (χ4v) is 2.60. The third-order valence-electron chi connectivity index (χ3n) is 3.85. The summed E-state index contributed by atoms with van der Waals surface area (Å²) < 4.78 is 0. The van der Waals surface area contributed by atoms with Crippen LogP contribution in [0.15, 0.2) is 84.6 Å². The summed E-state index contributed by atoms with van der Waals surface area (Å²) in [6.45, 7) is 4.24. The Morgan fingerprint density at radius 3 is 1.77 bits per heavy atom. The first kappa shape index (κ1) is 14.4. The van der Waals surface area contributed by atoms with E-state index >= 15 is 0 Å². The Bertz CT molecular complexity index is 670. The Morgan fingerprint density at radius 1 is 0.682 bits per heavy atom. The number of nitrogens with zero attached hydrogens (tertiary/aromatic N) is 1. The van der Waals surface area contributed by atoms with Crippen LogP contribution < -0.4 is 4.90 Å². The molecule has 1 heteroatoms. The van der Waals surface area contributed by atoms with E-state index in [0.717, 1.165) is 6.42 Å². The topological polar surface area (TPSA) is 3.24 Å². The molecule has 3 rings (SSSR count). The van der Waals surface area contributed by atoms with Crippen molar-refractivity contribution < 1.29 is 0 Å². The van der Waals surface area contributed by atoms with Gasteiger partial charge in [0.05, 0.1) is 0 Å². The van der Waals surface area contributed by atoms with E-state index in [1.165, 1.54) is 28.2 Å². The van der Waals surface area contributed by atoms with Crippen LogP contribution in [-0.2, 0) is 0 Å². The van der Waals surface area contributed by atoms with Gasteiger partial charge < -0.3 is 4.90 Å². The highest BCUT2D eigenvalue weighted by atomic mass is 15.1. The molecule has 0 atom stereocenters. The van der Waals surface area contributed by atoms with E-state index in [1.54, 1.807) is 0 Å². The average Bonchev–Trinajstić information content (AvgIpc) is 2.81. The molecule has 22 heavy (non-hydrogen) atoms. The predicted molar refractivity (Wildman–Crippen MR) is 95.5 cm³/mol. The summed E-state index contributed by atoms with van der Waals surface area (Å²) in [6, 6.07) is 17.4. The number of hydrogen-bond donors (Lipinski definition) is 0. The second kappa shape index (κ2) is 6.48. The molecular formula is C21H21N. The highest BCUT2D eigenvalue weighted by Gasteiger charge is 2.13. The second-order valence-corrected chi connectivity index (χ2v) is 5.68. The zero-order valence-corrected chi connectivity index (χ0v) is 13.2. The van der Waals surface area contributed by atoms with Gasteiger partial charge in [-0.25, -0.2) is 0 Å². The van der Waals surface area contributed by atoms with Gasteiger partial charge in [0.25, 0.3) is 0 Å². The van der Waals surface area contributed by atoms with Gasteiger partial charge in [0.2, 0.25) is 0 Å². The Kier molecular flexibility index (Phi) is 4.24. The van der Waals surface area contributed by atoms with Crippen molar-refractivity contribution in [1.82, 2.24) is 0 Å². The minimum Gasteiger partial charge on any atom is -0.314 e. The monoisotopic (exact) mass is 287 g/mol. The molecule has 0 heterocycles. The van der Waals surface area contributed by atoms with E-state index in [0.29, 0.717) is 0 Å². The van der Waals surface area contributed by atoms with Crippen molar-refractivity contribution >= 4 is 11.4 Å². The van der Waals surface area contributed by atoms with E-state index in [2.05, 4.69) is 97.7 Å². The van der Waals surface area contributed by atoms with Crippen molar-refractivity contribution in [3.63, 3.8) is 0 Å². The molecule has 0 bridgehead atoms. The summed E-state index contributed by atoms with van der Waals surface area (Å²) in [5.74, 6) is 0. The van der Waals surface area contributed by atoms with Gasteiger partial charge in [-0.1, -0.05) is 59.7 Å². The summed E-state index contributed by atoms with van der Waals surface area (Å²) in [5, 5.41) is 0. The summed E-state index contributed by atoms with van der Waals surface area (Å²) in [6.07, 6.45) is 11.6. The van der Waals surface area contributed by atoms with Crippen LogP contribution in [0.4, 0.5) is 11.4 Å². The van der Waals surface area contributed by atoms with Crippen molar-refractivity contribution in [2.24, 2.45) is 0 Å². The number of anilines is 2. The molecule has 0 saturated carbocycles. The molecule has 0 fully saturated rings. The van der Waals surface area contributed by atoms with Crippen LogP contribution in [0.25, 0.3) is 0 Å². The van der Waals surface area contributed by atoms with E-state index in [4.69, 9.17) is 0 Å². The number of benzene rings is 2. The lowest BCUT2D eigenvalue weighted by Gasteiger charge is -2.27. The van der Waals surface area contributed by atoms with Crippen molar-refractivity contribution in [3.8, 4) is 0 Å². The van der Waals surface area contributed by atoms with E-state index in [-0.39, 0.29) is 0 Å². The van der Waals surface area contributed by atoms with Gasteiger partial charge in [-0.05, 0) is 44.2 Å². The lowest BCUT2D eigenvalue weighted by atomic mass is 10.1. The Morgan fingerprint density at radius 2 is 1.23 bits per heavy atom. The number of allylic oxidation sites excluding steroid dienone is 5. The molecule has 0 unspecified atom stereocenters. The lowest BCUT2D eigenvalue weighted by molar-refractivity contribution is 1.08. The van der Waals surface area contributed by atoms with Crippen LogP contribution in [-0.4, -0.2) is 0 Å². The van der Waals surface area contributed by atoms with Gasteiger partial charge in [0.15, 0.2) is 0 Å². The van der Waals surface area contributed by atoms with Crippen LogP contribution in [0.5, 0.6) is 0 Å². The van der Waals surface area contributed by atoms with Crippen LogP contribution in [0, 0.1) is 13.8 Å². The summed E-state index contributed by atoms with van der Waals surface area (Å²) in [5.41, 5.74) is 6.23. The van der Waals surface area contributed by atoms with Crippen LogP contribution in [0.1, 0.15) is 17.5 Å². The summed E-state index contributed by atoms with van der Waals surface area (Å²) in [4.78, 5) is 2.33. The number of hydrogen-bond acceptors (Lipinski definition) is 1. The van der Waals surface area contributed by atoms with Gasteiger partial charge in [-0.15, -0.1) is 0 Å². The normalized spacial score (nSPS) is 13.6. The quantitative estimate of drug-likeness (QED) is 0.685. The maximum absolute atomic E-state index is 2.33. The first-order chi connectivity index (χ1) is 10.7. The molecule has 0 saturated heterocycles. The Hall–Kier alpha value is -2.54. The molecule has 0 amide bonds. The van der Waals surface area contributed by atoms with Crippen LogP contribution in [0.2, 0.25) is 0 Å². The molecule has 0 spiro atoms. The molecule has 110 valence electrons. The van der Waals surface area contributed by atoms with Gasteiger partial charge in [-0.3, -0.25) is 0 Å². The minimum absolute atomic E-state index is 0.925. The lowest BCUT2D eigenvalue weighted by Crippen LogP contribution is -2.16. The molecule has 2 aromatic rings. The van der Waals surface area contributed by atoms with Gasteiger partial charge >= 0.3 is 0 Å². The average molecular weight is 287 g/mol. The number of aryl methyl sites for hydroxylation is 2. The molecule has 1 nitrogen and oxygen atoms in total. The standard InChI is InChI=1S/C21H21N/c1-17-9-13-20(14-10-17)22(19-7-5-3-4-6-8-19)21-15-11-18(2)12-16-21/h3-7,9-16H,8H2,1-2H3. The smallest absolute Gasteiger partial charge is 0.0458 e. The van der Waals surface area contributed by atoms with Crippen molar-refractivity contribution in [3.05, 3.63) is 95.7 Å². The van der Waals surface area contributed by atoms with E-state index < -0.39 is 0 Å². The zero-order chi connectivity index (χ0) is 15.4. The molecule has 1 aliphatic carbocycles. The maximum atomic E-state index is 2.33. The summed E-state index contributed by atoms with van der Waals surface area (Å²) >= 11 is 0. The predicted octanol–water partition coefficient (Wildman–Crippen LogP) is 5.84. The first-order valence-corrected chi connectivity index (χ1v) is 7.70. The van der Waals surface area contributed by atoms with Gasteiger partial charge in [0.1, 0.15) is 0 Å². The SMILES string of the molecule is Cc1ccc(N(C2=CC=CC=CC2)c2ccc(C)cc2)cc1. The second-order valence-electron chi connectivity index (χ2n) is 5.68. The fraction of sp³-hybridized carbons (Fsp3) is 0.143. The van der Waals surface area contributed by atoms with Crippen LogP contribution in [0.3, 0.4) is 0 Å². The van der Waals surface area contributed by atoms with Crippen molar-refractivity contribution in [2.75, 3.05) is 4.90 Å². The zero-order valence-electron chi connectivity index (χ0n) is 13.2. The van der Waals surface area contributed by atoms with E-state index in [1.807, 2.05) is 0 Å².